The van der Waals surface area contributed by atoms with E-state index in [1.54, 1.807) is 0 Å². The quantitative estimate of drug-likeness (QED) is 0.129. The summed E-state index contributed by atoms with van der Waals surface area (Å²) in [6.45, 7) is 17.8. The summed E-state index contributed by atoms with van der Waals surface area (Å²) >= 11 is 0. The van der Waals surface area contributed by atoms with E-state index in [9.17, 15) is 28.8 Å². The molecule has 1 saturated heterocycles. The fourth-order valence-corrected chi connectivity index (χ4v) is 11.4. The van der Waals surface area contributed by atoms with Gasteiger partial charge < -0.3 is 39.7 Å². The van der Waals surface area contributed by atoms with Crippen LogP contribution in [0, 0.1) is 45.3 Å². The van der Waals surface area contributed by atoms with E-state index in [1.165, 1.54) is 0 Å². The Labute approximate surface area is 346 Å². The number of allylic oxidation sites excluding steroid dienone is 6. The van der Waals surface area contributed by atoms with Gasteiger partial charge in [0.2, 0.25) is 35.4 Å². The minimum atomic E-state index is -1.23. The van der Waals surface area contributed by atoms with Gasteiger partial charge in [0.05, 0.1) is 11.6 Å². The minimum Gasteiger partial charge on any atom is -0.370 e. The van der Waals surface area contributed by atoms with Gasteiger partial charge in [-0.1, -0.05) is 41.5 Å². The summed E-state index contributed by atoms with van der Waals surface area (Å²) in [5.41, 5.74) is 36.0. The van der Waals surface area contributed by atoms with E-state index in [1.807, 2.05) is 54.5 Å². The van der Waals surface area contributed by atoms with E-state index in [0.29, 0.717) is 46.2 Å². The summed E-state index contributed by atoms with van der Waals surface area (Å²) in [4.78, 5) is 93.0. The van der Waals surface area contributed by atoms with Gasteiger partial charge in [-0.05, 0) is 57.3 Å². The van der Waals surface area contributed by atoms with Gasteiger partial charge in [-0.3, -0.25) is 43.7 Å². The van der Waals surface area contributed by atoms with Gasteiger partial charge in [0.25, 0.3) is 0 Å². The summed E-state index contributed by atoms with van der Waals surface area (Å²) < 4.78 is 0. The predicted octanol–water partition coefficient (Wildman–Crippen LogP) is 2.48. The summed E-state index contributed by atoms with van der Waals surface area (Å²) in [7, 11) is 0. The van der Waals surface area contributed by atoms with Crippen molar-refractivity contribution >= 4 is 52.6 Å². The number of hydrogen-bond acceptors (Lipinski definition) is 10. The predicted molar refractivity (Wildman–Crippen MR) is 226 cm³/mol. The van der Waals surface area contributed by atoms with E-state index < -0.39 is 86.4 Å². The van der Waals surface area contributed by atoms with Crippen molar-refractivity contribution in [1.82, 2.24) is 5.32 Å². The molecule has 5 heterocycles. The fourth-order valence-electron chi connectivity index (χ4n) is 11.4. The van der Waals surface area contributed by atoms with Crippen LogP contribution in [0.2, 0.25) is 0 Å². The van der Waals surface area contributed by atoms with Gasteiger partial charge in [0, 0.05) is 118 Å². The number of primary amides is 6. The molecular formula is C43H64N10O6. The third-order valence-electron chi connectivity index (χ3n) is 14.8. The number of aliphatic imine (C=N–C) groups is 3. The lowest BCUT2D eigenvalue weighted by molar-refractivity contribution is -0.123. The Bertz CT molecular complexity index is 2080. The van der Waals surface area contributed by atoms with Crippen molar-refractivity contribution in [2.75, 3.05) is 0 Å². The molecule has 16 heteroatoms. The molecule has 0 radical (unpaired) electrons. The van der Waals surface area contributed by atoms with Gasteiger partial charge in [-0.2, -0.15) is 0 Å². The molecule has 322 valence electrons. The number of rotatable bonds is 15. The Morgan fingerprint density at radius 1 is 0.661 bits per heavy atom. The van der Waals surface area contributed by atoms with E-state index >= 15 is 0 Å². The maximum Gasteiger partial charge on any atom is 0.218 e. The second-order valence-corrected chi connectivity index (χ2v) is 19.3. The fraction of sp³-hybridized carbons (Fsp3) is 0.651. The van der Waals surface area contributed by atoms with Crippen molar-refractivity contribution in [3.05, 3.63) is 34.3 Å². The molecule has 6 amide bonds. The Morgan fingerprint density at radius 3 is 1.69 bits per heavy atom. The van der Waals surface area contributed by atoms with Crippen molar-refractivity contribution in [3.63, 3.8) is 0 Å². The highest BCUT2D eigenvalue weighted by Crippen LogP contribution is 2.61. The number of amides is 6. The average molecular weight is 817 g/mol. The number of carbonyl (C=O) groups excluding carboxylic acids is 6. The first kappa shape index (κ1) is 44.9. The van der Waals surface area contributed by atoms with Crippen LogP contribution >= 0.6 is 0 Å². The number of nitrogens with one attached hydrogen (secondary N) is 1. The van der Waals surface area contributed by atoms with Gasteiger partial charge in [-0.25, -0.2) is 0 Å². The largest absolute Gasteiger partial charge is 0.370 e. The summed E-state index contributed by atoms with van der Waals surface area (Å²) in [5, 5.41) is 3.66. The van der Waals surface area contributed by atoms with Gasteiger partial charge in [0.1, 0.15) is 0 Å². The zero-order valence-corrected chi connectivity index (χ0v) is 36.1. The van der Waals surface area contributed by atoms with Crippen LogP contribution in [0.25, 0.3) is 0 Å². The highest BCUT2D eigenvalue weighted by molar-refractivity contribution is 6.10. The lowest BCUT2D eigenvalue weighted by Gasteiger charge is -2.47. The summed E-state index contributed by atoms with van der Waals surface area (Å²) in [6.07, 6.45) is 2.60. The highest BCUT2D eigenvalue weighted by atomic mass is 16.2. The van der Waals surface area contributed by atoms with Crippen LogP contribution in [0.5, 0.6) is 0 Å². The number of hydrogen-bond donors (Lipinski definition) is 7. The van der Waals surface area contributed by atoms with Crippen molar-refractivity contribution in [3.8, 4) is 0 Å². The maximum absolute atomic E-state index is 13.3. The molecule has 0 aliphatic carbocycles. The molecule has 13 N–H and O–H groups in total. The Morgan fingerprint density at radius 2 is 1.19 bits per heavy atom. The molecule has 5 aliphatic heterocycles. The van der Waals surface area contributed by atoms with Crippen LogP contribution in [-0.4, -0.2) is 64.2 Å². The topological polar surface area (TPSA) is 308 Å². The zero-order valence-electron chi connectivity index (χ0n) is 36.1. The molecule has 0 aromatic rings. The van der Waals surface area contributed by atoms with Crippen LogP contribution in [-0.2, 0) is 28.8 Å². The molecule has 8 bridgehead atoms. The third kappa shape index (κ3) is 7.63. The lowest BCUT2D eigenvalue weighted by Crippen LogP contribution is -2.55. The first-order chi connectivity index (χ1) is 27.1. The standard InChI is InChI=1S/C43H64N10O6/c1-20-34-23(11-14-29(45)55)39(3,4)27(51-34)17-26-22(10-13-28(44)54)41(7,18-32(48)58)37(50-26)21(2)35-24(12-15-30(46)56)42(8,19-33(49)59)43(9,53-35)38-25(16-31(47)57)40(5,6)36(20)52-38/h17,22-25,38,50H,10-16,18-19H2,1-9H3,(H2,44,54)(H2,45,55)(H2,46,56)(H2,47,57)(H2,48,58)(H2,49,59)/b26-17-,34-20-,37-21?/t22-,23-,24-,25+,38-,41+,42+,43+/m1/s1. The molecule has 5 rings (SSSR count). The third-order valence-corrected chi connectivity index (χ3v) is 14.8. The van der Waals surface area contributed by atoms with Crippen LogP contribution < -0.4 is 39.7 Å². The molecule has 0 aromatic carbocycles. The second-order valence-electron chi connectivity index (χ2n) is 19.3. The number of nitrogens with two attached hydrogens (primary N) is 6. The zero-order chi connectivity index (χ0) is 44.4. The Kier molecular flexibility index (Phi) is 11.8. The van der Waals surface area contributed by atoms with Gasteiger partial charge in [0.15, 0.2) is 0 Å². The normalized spacial score (nSPS) is 35.0. The SMILES string of the molecule is CC1=C2N/C(=C\C3=NC(=C(/C)C4=N[C@H]([C@H](CC(N)=O)C4(C)C)[C@]4(C)N=C1[C@@H](CCC(N)=O)[C@]4(C)CC(N)=O)/[C@@H](CCC(N)=O)C3(C)C)[C@@H](CCC(N)=O)[C@]2(C)CC(N)=O. The molecule has 0 saturated carbocycles. The van der Waals surface area contributed by atoms with Crippen LogP contribution in [0.3, 0.4) is 0 Å². The molecule has 16 nitrogen and oxygen atoms in total. The number of fused-ring (bicyclic) bond motifs is 6. The number of nitrogens with zero attached hydrogens (tertiary/aromatic N) is 3. The molecule has 0 unspecified atom stereocenters. The van der Waals surface area contributed by atoms with Gasteiger partial charge >= 0.3 is 0 Å². The van der Waals surface area contributed by atoms with E-state index in [2.05, 4.69) is 19.2 Å². The second kappa shape index (κ2) is 15.5. The first-order valence-electron chi connectivity index (χ1n) is 20.5. The highest BCUT2D eigenvalue weighted by Gasteiger charge is 2.65. The van der Waals surface area contributed by atoms with E-state index in [-0.39, 0.29) is 57.3 Å². The van der Waals surface area contributed by atoms with Crippen LogP contribution in [0.15, 0.2) is 49.3 Å². The number of carbonyl (C=O) groups is 6. The maximum atomic E-state index is 13.3. The average Bonchev–Trinajstić information content (AvgIpc) is 3.68. The molecule has 0 aromatic heterocycles. The lowest BCUT2D eigenvalue weighted by atomic mass is 9.56. The summed E-state index contributed by atoms with van der Waals surface area (Å²) in [5.74, 6) is -5.08. The smallest absolute Gasteiger partial charge is 0.218 e. The summed E-state index contributed by atoms with van der Waals surface area (Å²) in [6, 6.07) is -0.733. The molecule has 59 heavy (non-hydrogen) atoms. The molecular weight excluding hydrogens is 753 g/mol. The molecule has 0 spiro atoms. The Hall–Kier alpha value is -5.15. The van der Waals surface area contributed by atoms with Crippen molar-refractivity contribution in [2.24, 2.45) is 94.7 Å². The van der Waals surface area contributed by atoms with Crippen molar-refractivity contribution in [2.45, 2.75) is 132 Å². The van der Waals surface area contributed by atoms with Crippen molar-refractivity contribution in [1.29, 1.82) is 0 Å². The van der Waals surface area contributed by atoms with Crippen molar-refractivity contribution < 1.29 is 28.8 Å². The monoisotopic (exact) mass is 817 g/mol. The van der Waals surface area contributed by atoms with Gasteiger partial charge in [-0.15, -0.1) is 0 Å². The van der Waals surface area contributed by atoms with Crippen LogP contribution in [0.1, 0.15) is 120 Å². The molecule has 8 atom stereocenters. The minimum absolute atomic E-state index is 0.0144. The molecule has 1 fully saturated rings. The van der Waals surface area contributed by atoms with Crippen LogP contribution in [0.4, 0.5) is 0 Å². The molecule has 5 aliphatic rings. The van der Waals surface area contributed by atoms with E-state index in [4.69, 9.17) is 49.4 Å². The first-order valence-corrected chi connectivity index (χ1v) is 20.5. The van der Waals surface area contributed by atoms with E-state index in [0.717, 1.165) is 5.57 Å². The Balaban J connectivity index is 1.99.